The first-order valence-electron chi connectivity index (χ1n) is 9.44. The van der Waals surface area contributed by atoms with Crippen LogP contribution in [0.5, 0.6) is 0 Å². The van der Waals surface area contributed by atoms with Crippen LogP contribution in [-0.4, -0.2) is 42.4 Å². The summed E-state index contributed by atoms with van der Waals surface area (Å²) in [6, 6.07) is 11.2. The molecule has 4 heterocycles. The highest BCUT2D eigenvalue weighted by Crippen LogP contribution is 2.29. The zero-order valence-corrected chi connectivity index (χ0v) is 15.9. The van der Waals surface area contributed by atoms with Gasteiger partial charge in [-0.2, -0.15) is 10.2 Å². The molecular formula is C21H18N8O. The van der Waals surface area contributed by atoms with Gasteiger partial charge in [-0.3, -0.25) is 19.6 Å². The molecule has 1 aromatic carbocycles. The van der Waals surface area contributed by atoms with Crippen LogP contribution in [0, 0.1) is 0 Å². The van der Waals surface area contributed by atoms with E-state index in [-0.39, 0.29) is 5.91 Å². The summed E-state index contributed by atoms with van der Waals surface area (Å²) >= 11 is 0. The average Bonchev–Trinajstić information content (AvgIpc) is 3.45. The first kappa shape index (κ1) is 17.8. The molecule has 9 nitrogen and oxygen atoms in total. The van der Waals surface area contributed by atoms with Crippen LogP contribution in [0.1, 0.15) is 10.4 Å². The summed E-state index contributed by atoms with van der Waals surface area (Å²) < 4.78 is 1.77. The van der Waals surface area contributed by atoms with Crippen molar-refractivity contribution in [2.45, 2.75) is 6.54 Å². The quantitative estimate of drug-likeness (QED) is 0.417. The van der Waals surface area contributed by atoms with Gasteiger partial charge in [0.05, 0.1) is 17.8 Å². The number of aromatic amines is 1. The summed E-state index contributed by atoms with van der Waals surface area (Å²) in [5.74, 6) is 0.225. The first-order valence-corrected chi connectivity index (χ1v) is 9.44. The van der Waals surface area contributed by atoms with Crippen molar-refractivity contribution in [2.24, 2.45) is 0 Å². The number of aromatic nitrogens is 6. The third-order valence-electron chi connectivity index (χ3n) is 4.90. The van der Waals surface area contributed by atoms with Gasteiger partial charge in [0.2, 0.25) is 0 Å². The van der Waals surface area contributed by atoms with E-state index in [0.717, 1.165) is 27.5 Å². The van der Waals surface area contributed by atoms with E-state index in [1.54, 1.807) is 35.4 Å². The molecule has 0 aliphatic heterocycles. The molecule has 30 heavy (non-hydrogen) atoms. The van der Waals surface area contributed by atoms with E-state index >= 15 is 0 Å². The van der Waals surface area contributed by atoms with Crippen LogP contribution < -0.4 is 11.1 Å². The summed E-state index contributed by atoms with van der Waals surface area (Å²) in [7, 11) is 0. The number of benzene rings is 1. The Morgan fingerprint density at radius 1 is 1.13 bits per heavy atom. The van der Waals surface area contributed by atoms with Crippen LogP contribution in [0.25, 0.3) is 33.1 Å². The second kappa shape index (κ2) is 7.28. The van der Waals surface area contributed by atoms with Crippen LogP contribution in [0.4, 0.5) is 5.82 Å². The van der Waals surface area contributed by atoms with E-state index < -0.39 is 0 Å². The molecule has 5 aromatic rings. The second-order valence-corrected chi connectivity index (χ2v) is 6.83. The number of hydrogen-bond acceptors (Lipinski definition) is 6. The second-order valence-electron chi connectivity index (χ2n) is 6.83. The van der Waals surface area contributed by atoms with E-state index in [9.17, 15) is 4.79 Å². The van der Waals surface area contributed by atoms with E-state index in [1.807, 2.05) is 30.5 Å². The highest BCUT2D eigenvalue weighted by atomic mass is 16.1. The topological polar surface area (TPSA) is 127 Å². The summed E-state index contributed by atoms with van der Waals surface area (Å²) in [4.78, 5) is 20.6. The molecule has 0 bridgehead atoms. The Balaban J connectivity index is 1.40. The monoisotopic (exact) mass is 398 g/mol. The fourth-order valence-corrected chi connectivity index (χ4v) is 3.43. The summed E-state index contributed by atoms with van der Waals surface area (Å²) in [5, 5.41) is 16.4. The lowest BCUT2D eigenvalue weighted by Gasteiger charge is -2.05. The Morgan fingerprint density at radius 2 is 2.00 bits per heavy atom. The van der Waals surface area contributed by atoms with Crippen molar-refractivity contribution in [2.75, 3.05) is 12.3 Å². The van der Waals surface area contributed by atoms with Gasteiger partial charge in [-0.05, 0) is 24.3 Å². The molecule has 0 spiro atoms. The molecule has 4 aromatic heterocycles. The number of nitrogen functional groups attached to an aromatic ring is 1. The molecule has 0 saturated heterocycles. The summed E-state index contributed by atoms with van der Waals surface area (Å²) in [5.41, 5.74) is 9.98. The van der Waals surface area contributed by atoms with Crippen molar-refractivity contribution >= 4 is 33.5 Å². The van der Waals surface area contributed by atoms with Gasteiger partial charge >= 0.3 is 0 Å². The number of anilines is 1. The Kier molecular flexibility index (Phi) is 4.32. The summed E-state index contributed by atoms with van der Waals surface area (Å²) in [6.45, 7) is 0.946. The van der Waals surface area contributed by atoms with Crippen LogP contribution in [0.2, 0.25) is 0 Å². The van der Waals surface area contributed by atoms with E-state index in [2.05, 4.69) is 30.6 Å². The predicted molar refractivity (Wildman–Crippen MR) is 114 cm³/mol. The normalized spacial score (nSPS) is 11.2. The van der Waals surface area contributed by atoms with Crippen LogP contribution in [0.15, 0.2) is 61.2 Å². The number of amides is 1. The van der Waals surface area contributed by atoms with Crippen LogP contribution >= 0.6 is 0 Å². The van der Waals surface area contributed by atoms with Gasteiger partial charge in [-0.1, -0.05) is 12.1 Å². The molecule has 0 aliphatic rings. The van der Waals surface area contributed by atoms with Crippen molar-refractivity contribution in [3.05, 3.63) is 66.7 Å². The zero-order chi connectivity index (χ0) is 20.5. The van der Waals surface area contributed by atoms with E-state index in [4.69, 9.17) is 5.73 Å². The number of carbonyl (C=O) groups excluding carboxylic acids is 1. The van der Waals surface area contributed by atoms with Crippen molar-refractivity contribution in [3.8, 4) is 11.3 Å². The van der Waals surface area contributed by atoms with E-state index in [0.29, 0.717) is 30.0 Å². The smallest absolute Gasteiger partial charge is 0.251 e. The Bertz CT molecular complexity index is 1340. The molecule has 0 aliphatic carbocycles. The average molecular weight is 398 g/mol. The largest absolute Gasteiger partial charge is 0.382 e. The van der Waals surface area contributed by atoms with E-state index in [1.165, 1.54) is 0 Å². The lowest BCUT2D eigenvalue weighted by molar-refractivity contribution is 0.0952. The molecule has 148 valence electrons. The minimum absolute atomic E-state index is 0.147. The summed E-state index contributed by atoms with van der Waals surface area (Å²) in [6.07, 6.45) is 6.89. The molecule has 1 amide bonds. The highest BCUT2D eigenvalue weighted by Gasteiger charge is 2.12. The zero-order valence-electron chi connectivity index (χ0n) is 15.9. The van der Waals surface area contributed by atoms with Gasteiger partial charge in [-0.25, -0.2) is 4.98 Å². The number of nitrogens with one attached hydrogen (secondary N) is 2. The lowest BCUT2D eigenvalue weighted by Crippen LogP contribution is -2.27. The molecule has 0 fully saturated rings. The molecule has 5 rings (SSSR count). The van der Waals surface area contributed by atoms with Crippen molar-refractivity contribution < 1.29 is 4.79 Å². The maximum Gasteiger partial charge on any atom is 0.251 e. The molecule has 0 atom stereocenters. The van der Waals surface area contributed by atoms with Gasteiger partial charge in [0.1, 0.15) is 5.52 Å². The Hall–Kier alpha value is -4.27. The number of pyridine rings is 2. The maximum atomic E-state index is 12.2. The van der Waals surface area contributed by atoms with Crippen LogP contribution in [-0.2, 0) is 6.54 Å². The van der Waals surface area contributed by atoms with Gasteiger partial charge in [0.15, 0.2) is 5.82 Å². The maximum absolute atomic E-state index is 12.2. The molecule has 4 N–H and O–H groups in total. The Labute approximate surface area is 170 Å². The van der Waals surface area contributed by atoms with Crippen molar-refractivity contribution in [3.63, 3.8) is 0 Å². The molecule has 0 saturated carbocycles. The fourth-order valence-electron chi connectivity index (χ4n) is 3.43. The van der Waals surface area contributed by atoms with Gasteiger partial charge in [0.25, 0.3) is 5.91 Å². The minimum atomic E-state index is -0.147. The molecule has 0 radical (unpaired) electrons. The van der Waals surface area contributed by atoms with Crippen molar-refractivity contribution in [1.29, 1.82) is 0 Å². The SMILES string of the molecule is Nc1nc2cc(-c3cc[nH]n3)ccc2c2cn(CCNC(=O)c3ccncc3)nc12. The molecule has 9 heteroatoms. The number of fused-ring (bicyclic) bond motifs is 3. The highest BCUT2D eigenvalue weighted by molar-refractivity contribution is 6.08. The molecular weight excluding hydrogens is 380 g/mol. The van der Waals surface area contributed by atoms with Crippen molar-refractivity contribution in [1.82, 2.24) is 35.3 Å². The number of rotatable bonds is 5. The predicted octanol–water partition coefficient (Wildman–Crippen LogP) is 2.38. The molecule has 0 unspecified atom stereocenters. The Morgan fingerprint density at radius 3 is 2.80 bits per heavy atom. The third-order valence-corrected chi connectivity index (χ3v) is 4.90. The lowest BCUT2D eigenvalue weighted by atomic mass is 10.1. The number of nitrogens with zero attached hydrogens (tertiary/aromatic N) is 5. The minimum Gasteiger partial charge on any atom is -0.382 e. The number of carbonyl (C=O) groups is 1. The van der Waals surface area contributed by atoms with Gasteiger partial charge < -0.3 is 11.1 Å². The van der Waals surface area contributed by atoms with Gasteiger partial charge in [-0.15, -0.1) is 0 Å². The van der Waals surface area contributed by atoms with Crippen LogP contribution in [0.3, 0.4) is 0 Å². The number of nitrogens with two attached hydrogens (primary N) is 1. The van der Waals surface area contributed by atoms with Gasteiger partial charge in [0, 0.05) is 53.2 Å². The number of H-pyrrole nitrogens is 1. The standard InChI is InChI=1S/C21H18N8O/c22-20-19-16(15-2-1-14(11-18(15)26-20)17-5-8-25-27-17)12-29(28-19)10-9-24-21(30)13-3-6-23-7-4-13/h1-8,11-12H,9-10H2,(H2,22,26)(H,24,30)(H,25,27). The third kappa shape index (κ3) is 3.22. The fraction of sp³-hybridized carbons (Fsp3) is 0.0952. The number of hydrogen-bond donors (Lipinski definition) is 3. The first-order chi connectivity index (χ1) is 14.7.